The third-order valence-electron chi connectivity index (χ3n) is 3.68. The Balaban J connectivity index is 2.14. The molecule has 5 heteroatoms. The molecule has 2 saturated heterocycles. The van der Waals surface area contributed by atoms with Crippen molar-refractivity contribution >= 4 is 11.8 Å². The Morgan fingerprint density at radius 3 is 2.89 bits per heavy atom. The Morgan fingerprint density at radius 2 is 2.28 bits per heavy atom. The van der Waals surface area contributed by atoms with E-state index >= 15 is 0 Å². The molecule has 2 aliphatic rings. The molecule has 0 aromatic carbocycles. The Kier molecular flexibility index (Phi) is 4.35. The average Bonchev–Trinajstić information content (AvgIpc) is 2.85. The van der Waals surface area contributed by atoms with Crippen molar-refractivity contribution in [2.75, 3.05) is 33.0 Å². The van der Waals surface area contributed by atoms with Gasteiger partial charge in [0.1, 0.15) is 5.41 Å². The lowest BCUT2D eigenvalue weighted by molar-refractivity contribution is -0.170. The predicted octanol–water partition coefficient (Wildman–Crippen LogP) is 0.952. The molecule has 2 heterocycles. The fourth-order valence-corrected chi connectivity index (χ4v) is 2.67. The van der Waals surface area contributed by atoms with Gasteiger partial charge in [-0.15, -0.1) is 0 Å². The minimum atomic E-state index is -1.09. The standard InChI is InChI=1S/C13H20O5/c1-2-18-12(15)13(7-10-3-5-16-8-10)9-17-6-4-11(13)14/h10H,2-9H2,1H3. The first-order chi connectivity index (χ1) is 8.69. The molecule has 2 unspecified atom stereocenters. The first kappa shape index (κ1) is 13.5. The van der Waals surface area contributed by atoms with Crippen molar-refractivity contribution < 1.29 is 23.8 Å². The molecule has 2 fully saturated rings. The van der Waals surface area contributed by atoms with Crippen LogP contribution >= 0.6 is 0 Å². The van der Waals surface area contributed by atoms with Gasteiger partial charge in [0.05, 0.1) is 19.8 Å². The smallest absolute Gasteiger partial charge is 0.322 e. The quantitative estimate of drug-likeness (QED) is 0.553. The highest BCUT2D eigenvalue weighted by Gasteiger charge is 2.50. The van der Waals surface area contributed by atoms with Crippen molar-refractivity contribution in [2.45, 2.75) is 26.2 Å². The summed E-state index contributed by atoms with van der Waals surface area (Å²) in [5.74, 6) is -0.222. The molecule has 0 N–H and O–H groups in total. The van der Waals surface area contributed by atoms with E-state index < -0.39 is 11.4 Å². The lowest BCUT2D eigenvalue weighted by atomic mass is 9.74. The lowest BCUT2D eigenvalue weighted by Gasteiger charge is -2.34. The molecule has 2 aliphatic heterocycles. The number of Topliss-reactive ketones (excluding diaryl/α,β-unsaturated/α-hetero) is 1. The van der Waals surface area contributed by atoms with E-state index in [1.807, 2.05) is 0 Å². The number of carbonyl (C=O) groups is 2. The maximum absolute atomic E-state index is 12.2. The highest BCUT2D eigenvalue weighted by atomic mass is 16.5. The Morgan fingerprint density at radius 1 is 1.44 bits per heavy atom. The van der Waals surface area contributed by atoms with Gasteiger partial charge < -0.3 is 14.2 Å². The third-order valence-corrected chi connectivity index (χ3v) is 3.68. The maximum atomic E-state index is 12.2. The molecular formula is C13H20O5. The second-order valence-corrected chi connectivity index (χ2v) is 4.96. The molecular weight excluding hydrogens is 236 g/mol. The zero-order valence-electron chi connectivity index (χ0n) is 10.8. The topological polar surface area (TPSA) is 61.8 Å². The molecule has 0 aromatic heterocycles. The van der Waals surface area contributed by atoms with Gasteiger partial charge in [-0.2, -0.15) is 0 Å². The fraction of sp³-hybridized carbons (Fsp3) is 0.846. The van der Waals surface area contributed by atoms with Crippen molar-refractivity contribution in [1.82, 2.24) is 0 Å². The van der Waals surface area contributed by atoms with E-state index in [0.717, 1.165) is 6.42 Å². The molecule has 0 bridgehead atoms. The number of carbonyl (C=O) groups excluding carboxylic acids is 2. The molecule has 5 nitrogen and oxygen atoms in total. The second kappa shape index (κ2) is 5.80. The number of ether oxygens (including phenoxy) is 3. The fourth-order valence-electron chi connectivity index (χ4n) is 2.67. The van der Waals surface area contributed by atoms with Crippen LogP contribution in [-0.2, 0) is 23.8 Å². The van der Waals surface area contributed by atoms with Crippen LogP contribution < -0.4 is 0 Å². The monoisotopic (exact) mass is 256 g/mol. The normalized spacial score (nSPS) is 32.5. The van der Waals surface area contributed by atoms with Crippen LogP contribution in [0.1, 0.15) is 26.2 Å². The van der Waals surface area contributed by atoms with Crippen LogP contribution in [0.15, 0.2) is 0 Å². The Hall–Kier alpha value is -0.940. The average molecular weight is 256 g/mol. The molecule has 0 amide bonds. The number of esters is 1. The van der Waals surface area contributed by atoms with Crippen molar-refractivity contribution in [1.29, 1.82) is 0 Å². The van der Waals surface area contributed by atoms with Gasteiger partial charge in [-0.3, -0.25) is 9.59 Å². The van der Waals surface area contributed by atoms with Gasteiger partial charge in [-0.05, 0) is 25.7 Å². The highest BCUT2D eigenvalue weighted by Crippen LogP contribution is 2.36. The van der Waals surface area contributed by atoms with Crippen LogP contribution in [0.4, 0.5) is 0 Å². The number of hydrogen-bond donors (Lipinski definition) is 0. The summed E-state index contributed by atoms with van der Waals surface area (Å²) in [5.41, 5.74) is -1.09. The van der Waals surface area contributed by atoms with Crippen LogP contribution in [0.2, 0.25) is 0 Å². The van der Waals surface area contributed by atoms with Gasteiger partial charge in [-0.25, -0.2) is 0 Å². The van der Waals surface area contributed by atoms with Crippen molar-refractivity contribution in [2.24, 2.45) is 11.3 Å². The zero-order chi connectivity index (χ0) is 13.0. The summed E-state index contributed by atoms with van der Waals surface area (Å²) >= 11 is 0. The Bertz CT molecular complexity index is 321. The van der Waals surface area contributed by atoms with Gasteiger partial charge in [-0.1, -0.05) is 0 Å². The van der Waals surface area contributed by atoms with Crippen LogP contribution in [0.5, 0.6) is 0 Å². The Labute approximate surface area is 107 Å². The summed E-state index contributed by atoms with van der Waals surface area (Å²) in [6.45, 7) is 3.92. The first-order valence-corrected chi connectivity index (χ1v) is 6.55. The van der Waals surface area contributed by atoms with E-state index in [-0.39, 0.29) is 24.9 Å². The summed E-state index contributed by atoms with van der Waals surface area (Å²) in [4.78, 5) is 24.4. The summed E-state index contributed by atoms with van der Waals surface area (Å²) < 4.78 is 15.8. The maximum Gasteiger partial charge on any atom is 0.322 e. The predicted molar refractivity (Wildman–Crippen MR) is 63.1 cm³/mol. The molecule has 0 radical (unpaired) electrons. The van der Waals surface area contributed by atoms with Gasteiger partial charge in [0.2, 0.25) is 0 Å². The number of ketones is 1. The molecule has 0 spiro atoms. The summed E-state index contributed by atoms with van der Waals surface area (Å²) in [5, 5.41) is 0. The number of hydrogen-bond acceptors (Lipinski definition) is 5. The number of rotatable bonds is 4. The lowest BCUT2D eigenvalue weighted by Crippen LogP contribution is -2.49. The molecule has 0 aromatic rings. The van der Waals surface area contributed by atoms with Crippen molar-refractivity contribution in [3.8, 4) is 0 Å². The molecule has 0 saturated carbocycles. The van der Waals surface area contributed by atoms with E-state index in [1.165, 1.54) is 0 Å². The van der Waals surface area contributed by atoms with Gasteiger partial charge in [0.15, 0.2) is 5.78 Å². The largest absolute Gasteiger partial charge is 0.465 e. The van der Waals surface area contributed by atoms with Gasteiger partial charge in [0.25, 0.3) is 0 Å². The minimum absolute atomic E-state index is 0.0425. The molecule has 18 heavy (non-hydrogen) atoms. The van der Waals surface area contributed by atoms with Gasteiger partial charge >= 0.3 is 5.97 Å². The molecule has 2 rings (SSSR count). The summed E-state index contributed by atoms with van der Waals surface area (Å²) in [7, 11) is 0. The molecule has 2 atom stereocenters. The van der Waals surface area contributed by atoms with Crippen molar-refractivity contribution in [3.05, 3.63) is 0 Å². The summed E-state index contributed by atoms with van der Waals surface area (Å²) in [6.07, 6.45) is 1.69. The SMILES string of the molecule is CCOC(=O)C1(CC2CCOC2)COCCC1=O. The molecule has 102 valence electrons. The van der Waals surface area contributed by atoms with Crippen LogP contribution in [0.25, 0.3) is 0 Å². The van der Waals surface area contributed by atoms with E-state index in [2.05, 4.69) is 0 Å². The van der Waals surface area contributed by atoms with Crippen LogP contribution in [-0.4, -0.2) is 44.8 Å². The summed E-state index contributed by atoms with van der Waals surface area (Å²) in [6, 6.07) is 0. The van der Waals surface area contributed by atoms with E-state index in [9.17, 15) is 9.59 Å². The highest BCUT2D eigenvalue weighted by molar-refractivity contribution is 6.04. The zero-order valence-corrected chi connectivity index (χ0v) is 10.8. The van der Waals surface area contributed by atoms with E-state index in [0.29, 0.717) is 32.7 Å². The van der Waals surface area contributed by atoms with Crippen LogP contribution in [0, 0.1) is 11.3 Å². The van der Waals surface area contributed by atoms with E-state index in [4.69, 9.17) is 14.2 Å². The van der Waals surface area contributed by atoms with Crippen LogP contribution in [0.3, 0.4) is 0 Å². The third kappa shape index (κ3) is 2.57. The minimum Gasteiger partial charge on any atom is -0.465 e. The van der Waals surface area contributed by atoms with Crippen molar-refractivity contribution in [3.63, 3.8) is 0 Å². The van der Waals surface area contributed by atoms with E-state index in [1.54, 1.807) is 6.92 Å². The second-order valence-electron chi connectivity index (χ2n) is 4.96. The first-order valence-electron chi connectivity index (χ1n) is 6.55. The molecule has 0 aliphatic carbocycles. The van der Waals surface area contributed by atoms with Gasteiger partial charge in [0, 0.05) is 19.6 Å².